The molecule has 0 aromatic heterocycles. The van der Waals surface area contributed by atoms with Gasteiger partial charge in [-0.1, -0.05) is 13.8 Å². The van der Waals surface area contributed by atoms with Gasteiger partial charge < -0.3 is 10.1 Å². The fourth-order valence-electron chi connectivity index (χ4n) is 2.27. The van der Waals surface area contributed by atoms with E-state index in [1.54, 1.807) is 0 Å². The zero-order chi connectivity index (χ0) is 10.0. The Morgan fingerprint density at radius 2 is 2.29 bits per heavy atom. The van der Waals surface area contributed by atoms with Crippen molar-refractivity contribution in [2.24, 2.45) is 11.8 Å². The third-order valence-corrected chi connectivity index (χ3v) is 3.55. The Kier molecular flexibility index (Phi) is 3.10. The van der Waals surface area contributed by atoms with Crippen LogP contribution in [0.5, 0.6) is 0 Å². The zero-order valence-electron chi connectivity index (χ0n) is 9.31. The Morgan fingerprint density at radius 3 is 2.79 bits per heavy atom. The van der Waals surface area contributed by atoms with Crippen LogP contribution in [0.2, 0.25) is 0 Å². The van der Waals surface area contributed by atoms with E-state index >= 15 is 0 Å². The molecule has 2 N–H and O–H groups in total. The van der Waals surface area contributed by atoms with Gasteiger partial charge in [0.1, 0.15) is 5.72 Å². The summed E-state index contributed by atoms with van der Waals surface area (Å²) in [5.74, 6) is 1.40. The van der Waals surface area contributed by atoms with E-state index in [-0.39, 0.29) is 5.72 Å². The summed E-state index contributed by atoms with van der Waals surface area (Å²) in [7, 11) is 0. The van der Waals surface area contributed by atoms with Gasteiger partial charge >= 0.3 is 0 Å². The van der Waals surface area contributed by atoms with Gasteiger partial charge in [0.05, 0.1) is 6.61 Å². The standard InChI is InChI=1S/C11H22N2O/c1-9(2)10-6-13-11(14-7-10)4-3-5-12-8-11/h9-10,12-13H,3-8H2,1-2H3. The summed E-state index contributed by atoms with van der Waals surface area (Å²) in [5, 5.41) is 6.98. The van der Waals surface area contributed by atoms with Crippen LogP contribution in [0.25, 0.3) is 0 Å². The molecule has 2 heterocycles. The summed E-state index contributed by atoms with van der Waals surface area (Å²) < 4.78 is 6.01. The van der Waals surface area contributed by atoms with E-state index in [0.29, 0.717) is 5.92 Å². The first-order valence-electron chi connectivity index (χ1n) is 5.82. The largest absolute Gasteiger partial charge is 0.359 e. The van der Waals surface area contributed by atoms with Gasteiger partial charge in [0.25, 0.3) is 0 Å². The highest BCUT2D eigenvalue weighted by Crippen LogP contribution is 2.25. The number of hydrogen-bond donors (Lipinski definition) is 2. The predicted octanol–water partition coefficient (Wildman–Crippen LogP) is 0.958. The summed E-state index contributed by atoms with van der Waals surface area (Å²) in [4.78, 5) is 0. The highest BCUT2D eigenvalue weighted by atomic mass is 16.5. The maximum atomic E-state index is 6.01. The van der Waals surface area contributed by atoms with Crippen molar-refractivity contribution in [3.8, 4) is 0 Å². The van der Waals surface area contributed by atoms with E-state index in [2.05, 4.69) is 24.5 Å². The second kappa shape index (κ2) is 4.17. The molecular weight excluding hydrogens is 176 g/mol. The lowest BCUT2D eigenvalue weighted by Gasteiger charge is -2.44. The molecule has 3 heteroatoms. The predicted molar refractivity (Wildman–Crippen MR) is 57.1 cm³/mol. The van der Waals surface area contributed by atoms with Crippen LogP contribution in [0.15, 0.2) is 0 Å². The first-order chi connectivity index (χ1) is 6.72. The van der Waals surface area contributed by atoms with Crippen LogP contribution in [0.3, 0.4) is 0 Å². The first kappa shape index (κ1) is 10.4. The second-order valence-electron chi connectivity index (χ2n) is 4.97. The van der Waals surface area contributed by atoms with E-state index in [9.17, 15) is 0 Å². The molecule has 2 saturated heterocycles. The van der Waals surface area contributed by atoms with Crippen molar-refractivity contribution < 1.29 is 4.74 Å². The van der Waals surface area contributed by atoms with Crippen molar-refractivity contribution in [3.05, 3.63) is 0 Å². The van der Waals surface area contributed by atoms with Gasteiger partial charge in [-0.15, -0.1) is 0 Å². The minimum absolute atomic E-state index is 0.0381. The Morgan fingerprint density at radius 1 is 1.43 bits per heavy atom. The molecule has 0 radical (unpaired) electrons. The van der Waals surface area contributed by atoms with E-state index in [0.717, 1.165) is 38.6 Å². The van der Waals surface area contributed by atoms with Gasteiger partial charge in [-0.3, -0.25) is 5.32 Å². The average molecular weight is 198 g/mol. The summed E-state index contributed by atoms with van der Waals surface area (Å²) >= 11 is 0. The lowest BCUT2D eigenvalue weighted by molar-refractivity contribution is -0.132. The number of piperidine rings is 1. The maximum Gasteiger partial charge on any atom is 0.131 e. The number of ether oxygens (including phenoxy) is 1. The van der Waals surface area contributed by atoms with Crippen molar-refractivity contribution in [2.75, 3.05) is 26.2 Å². The molecule has 2 fully saturated rings. The molecule has 0 aromatic carbocycles. The maximum absolute atomic E-state index is 6.01. The van der Waals surface area contributed by atoms with Crippen LogP contribution in [0.1, 0.15) is 26.7 Å². The number of nitrogens with one attached hydrogen (secondary N) is 2. The normalized spacial score (nSPS) is 39.2. The molecule has 0 bridgehead atoms. The van der Waals surface area contributed by atoms with Crippen LogP contribution in [-0.4, -0.2) is 32.0 Å². The SMILES string of the molecule is CC(C)C1CNC2(CCCNC2)OC1. The molecule has 2 rings (SSSR count). The Labute approximate surface area is 86.6 Å². The average Bonchev–Trinajstić information content (AvgIpc) is 2.19. The second-order valence-corrected chi connectivity index (χ2v) is 4.97. The monoisotopic (exact) mass is 198 g/mol. The molecule has 2 atom stereocenters. The molecule has 0 aliphatic carbocycles. The molecule has 0 amide bonds. The summed E-state index contributed by atoms with van der Waals surface area (Å²) in [6.45, 7) is 8.68. The highest BCUT2D eigenvalue weighted by molar-refractivity contribution is 4.89. The quantitative estimate of drug-likeness (QED) is 0.658. The lowest BCUT2D eigenvalue weighted by atomic mass is 9.92. The minimum Gasteiger partial charge on any atom is -0.359 e. The zero-order valence-corrected chi connectivity index (χ0v) is 9.31. The van der Waals surface area contributed by atoms with E-state index in [1.165, 1.54) is 6.42 Å². The molecule has 2 aliphatic rings. The molecule has 2 unspecified atom stereocenters. The molecule has 0 aromatic rings. The number of rotatable bonds is 1. The van der Waals surface area contributed by atoms with E-state index in [1.807, 2.05) is 0 Å². The topological polar surface area (TPSA) is 33.3 Å². The van der Waals surface area contributed by atoms with Gasteiger partial charge in [0.2, 0.25) is 0 Å². The van der Waals surface area contributed by atoms with Crippen molar-refractivity contribution in [3.63, 3.8) is 0 Å². The highest BCUT2D eigenvalue weighted by Gasteiger charge is 2.37. The molecule has 82 valence electrons. The van der Waals surface area contributed by atoms with E-state index < -0.39 is 0 Å². The third-order valence-electron chi connectivity index (χ3n) is 3.55. The van der Waals surface area contributed by atoms with Crippen molar-refractivity contribution in [1.82, 2.24) is 10.6 Å². The summed E-state index contributed by atoms with van der Waals surface area (Å²) in [5.41, 5.74) is -0.0381. The van der Waals surface area contributed by atoms with Crippen molar-refractivity contribution in [2.45, 2.75) is 32.4 Å². The smallest absolute Gasteiger partial charge is 0.131 e. The Bertz CT molecular complexity index is 178. The fraction of sp³-hybridized carbons (Fsp3) is 1.00. The van der Waals surface area contributed by atoms with Gasteiger partial charge in [-0.25, -0.2) is 0 Å². The molecule has 2 aliphatic heterocycles. The van der Waals surface area contributed by atoms with Crippen LogP contribution >= 0.6 is 0 Å². The fourth-order valence-corrected chi connectivity index (χ4v) is 2.27. The molecule has 1 spiro atoms. The lowest BCUT2D eigenvalue weighted by Crippen LogP contribution is -2.62. The molecule has 3 nitrogen and oxygen atoms in total. The van der Waals surface area contributed by atoms with Gasteiger partial charge in [0.15, 0.2) is 0 Å². The summed E-state index contributed by atoms with van der Waals surface area (Å²) in [6.07, 6.45) is 2.38. The Hall–Kier alpha value is -0.120. The van der Waals surface area contributed by atoms with Crippen LogP contribution < -0.4 is 10.6 Å². The van der Waals surface area contributed by atoms with Gasteiger partial charge in [-0.05, 0) is 31.2 Å². The third kappa shape index (κ3) is 2.10. The van der Waals surface area contributed by atoms with Gasteiger partial charge in [-0.2, -0.15) is 0 Å². The van der Waals surface area contributed by atoms with E-state index in [4.69, 9.17) is 4.74 Å². The number of hydrogen-bond acceptors (Lipinski definition) is 3. The van der Waals surface area contributed by atoms with Crippen LogP contribution in [0.4, 0.5) is 0 Å². The molecule has 14 heavy (non-hydrogen) atoms. The minimum atomic E-state index is -0.0381. The van der Waals surface area contributed by atoms with Crippen LogP contribution in [-0.2, 0) is 4.74 Å². The van der Waals surface area contributed by atoms with Crippen molar-refractivity contribution in [1.29, 1.82) is 0 Å². The first-order valence-corrected chi connectivity index (χ1v) is 5.82. The molecular formula is C11H22N2O. The molecule has 0 saturated carbocycles. The van der Waals surface area contributed by atoms with Gasteiger partial charge in [0, 0.05) is 13.1 Å². The Balaban J connectivity index is 1.87. The van der Waals surface area contributed by atoms with Crippen molar-refractivity contribution >= 4 is 0 Å². The summed E-state index contributed by atoms with van der Waals surface area (Å²) in [6, 6.07) is 0. The van der Waals surface area contributed by atoms with Crippen LogP contribution in [0, 0.1) is 11.8 Å².